The van der Waals surface area contributed by atoms with Crippen LogP contribution in [-0.4, -0.2) is 60.0 Å². The molecule has 9 nitrogen and oxygen atoms in total. The molecule has 0 bridgehead atoms. The van der Waals surface area contributed by atoms with Gasteiger partial charge in [0.25, 0.3) is 0 Å². The minimum absolute atomic E-state index is 0.0890. The molecule has 0 spiro atoms. The molecule has 0 aliphatic heterocycles. The highest BCUT2D eigenvalue weighted by Crippen LogP contribution is 2.20. The van der Waals surface area contributed by atoms with E-state index in [1.165, 1.54) is 0 Å². The summed E-state index contributed by atoms with van der Waals surface area (Å²) in [5, 5.41) is 31.1. The number of aliphatic hydroxyl groups excluding tert-OH is 1. The van der Waals surface area contributed by atoms with E-state index in [1.807, 2.05) is 87.5 Å². The molecule has 1 amide bonds. The van der Waals surface area contributed by atoms with Crippen molar-refractivity contribution in [2.24, 2.45) is 5.41 Å². The number of carbonyl (C=O) groups excluding carboxylic acids is 1. The number of carbonyl (C=O) groups is 2. The zero-order valence-electron chi connectivity index (χ0n) is 25.5. The minimum Gasteiger partial charge on any atom is -0.497 e. The predicted molar refractivity (Wildman–Crippen MR) is 170 cm³/mol. The molecule has 0 aliphatic rings. The molecule has 43 heavy (non-hydrogen) atoms. The number of aliphatic hydroxyl groups is 1. The summed E-state index contributed by atoms with van der Waals surface area (Å²) in [6.45, 7) is 6.71. The van der Waals surface area contributed by atoms with Crippen molar-refractivity contribution >= 4 is 17.6 Å². The number of anilines is 1. The maximum absolute atomic E-state index is 13.0. The van der Waals surface area contributed by atoms with Gasteiger partial charge in [-0.2, -0.15) is 0 Å². The molecule has 4 unspecified atom stereocenters. The molecule has 0 aliphatic carbocycles. The Bertz CT molecular complexity index is 1290. The van der Waals surface area contributed by atoms with Gasteiger partial charge in [-0.25, -0.2) is 0 Å². The Morgan fingerprint density at radius 2 is 1.58 bits per heavy atom. The van der Waals surface area contributed by atoms with Crippen molar-refractivity contribution in [3.63, 3.8) is 0 Å². The van der Waals surface area contributed by atoms with E-state index < -0.39 is 24.2 Å². The van der Waals surface area contributed by atoms with Gasteiger partial charge in [0.05, 0.1) is 13.2 Å². The number of nitrogens with one attached hydrogen (secondary N) is 3. The number of ether oxygens (including phenoxy) is 1. The molecule has 7 N–H and O–H groups in total. The number of hydrogen-bond donors (Lipinski definition) is 6. The maximum atomic E-state index is 13.0. The van der Waals surface area contributed by atoms with E-state index in [2.05, 4.69) is 16.0 Å². The number of benzene rings is 3. The highest BCUT2D eigenvalue weighted by Gasteiger charge is 2.34. The normalized spacial score (nSPS) is 14.3. The van der Waals surface area contributed by atoms with Crippen LogP contribution in [0.3, 0.4) is 0 Å². The van der Waals surface area contributed by atoms with Gasteiger partial charge in [0.15, 0.2) is 0 Å². The second-order valence-corrected chi connectivity index (χ2v) is 12.0. The van der Waals surface area contributed by atoms with Crippen LogP contribution in [0, 0.1) is 5.41 Å². The highest BCUT2D eigenvalue weighted by molar-refractivity contribution is 5.76. The van der Waals surface area contributed by atoms with Crippen molar-refractivity contribution in [2.45, 2.75) is 70.8 Å². The number of amides is 1. The van der Waals surface area contributed by atoms with E-state index in [4.69, 9.17) is 10.5 Å². The second-order valence-electron chi connectivity index (χ2n) is 12.0. The van der Waals surface area contributed by atoms with Crippen LogP contribution in [0.2, 0.25) is 0 Å². The molecule has 0 radical (unpaired) electrons. The number of methoxy groups -OCH3 is 1. The van der Waals surface area contributed by atoms with Gasteiger partial charge in [0.1, 0.15) is 11.8 Å². The molecule has 0 saturated heterocycles. The largest absolute Gasteiger partial charge is 0.497 e. The summed E-state index contributed by atoms with van der Waals surface area (Å²) in [7, 11) is 1.58. The van der Waals surface area contributed by atoms with Crippen molar-refractivity contribution in [3.8, 4) is 5.75 Å². The molecule has 3 aromatic rings. The molecular formula is C34H46N4O5. The monoisotopic (exact) mass is 590 g/mol. The van der Waals surface area contributed by atoms with Crippen molar-refractivity contribution in [1.29, 1.82) is 0 Å². The zero-order chi connectivity index (χ0) is 31.4. The van der Waals surface area contributed by atoms with Crippen LogP contribution < -0.4 is 26.4 Å². The molecular weight excluding hydrogens is 544 g/mol. The van der Waals surface area contributed by atoms with E-state index in [0.29, 0.717) is 37.2 Å². The van der Waals surface area contributed by atoms with Gasteiger partial charge < -0.3 is 31.3 Å². The van der Waals surface area contributed by atoms with Crippen LogP contribution in [0.25, 0.3) is 0 Å². The first-order valence-electron chi connectivity index (χ1n) is 14.6. The summed E-state index contributed by atoms with van der Waals surface area (Å²) >= 11 is 0. The number of rotatable bonds is 16. The van der Waals surface area contributed by atoms with E-state index in [-0.39, 0.29) is 23.9 Å². The van der Waals surface area contributed by atoms with E-state index in [0.717, 1.165) is 16.7 Å². The number of carboxylic acid groups (broad SMARTS) is 1. The predicted octanol–water partition coefficient (Wildman–Crippen LogP) is 3.55. The summed E-state index contributed by atoms with van der Waals surface area (Å²) in [5.74, 6) is -0.534. The number of hydrogen-bond acceptors (Lipinski definition) is 7. The van der Waals surface area contributed by atoms with E-state index in [1.54, 1.807) is 19.2 Å². The Kier molecular flexibility index (Phi) is 12.5. The third-order valence-corrected chi connectivity index (χ3v) is 7.56. The van der Waals surface area contributed by atoms with Crippen LogP contribution in [0.1, 0.15) is 43.9 Å². The number of nitrogen functional groups attached to an aromatic ring is 1. The fraction of sp³-hybridized carbons (Fsp3) is 0.412. The standard InChI is InChI=1S/C34H46N4O5/c1-34(2,3)29(38-30(39)18-15-24-11-8-12-26(35)19-24)22-36-28(20-23-9-6-5-7-10-23)32(40)31(33(41)42)37-21-25-13-16-27(43-4)17-14-25/h5-14,16-17,19,28-29,31-32,36-37,40H,15,18,20-22,35H2,1-4H3,(H,38,39)(H,41,42). The molecule has 3 rings (SSSR count). The van der Waals surface area contributed by atoms with Crippen LogP contribution in [-0.2, 0) is 29.0 Å². The van der Waals surface area contributed by atoms with Gasteiger partial charge in [0.2, 0.25) is 5.91 Å². The zero-order valence-corrected chi connectivity index (χ0v) is 25.5. The lowest BCUT2D eigenvalue weighted by molar-refractivity contribution is -0.143. The molecule has 232 valence electrons. The molecule has 0 saturated carbocycles. The Hall–Kier alpha value is -3.92. The Balaban J connectivity index is 1.71. The van der Waals surface area contributed by atoms with Crippen LogP contribution >= 0.6 is 0 Å². The lowest BCUT2D eigenvalue weighted by atomic mass is 9.85. The van der Waals surface area contributed by atoms with Crippen molar-refractivity contribution in [2.75, 3.05) is 19.4 Å². The third-order valence-electron chi connectivity index (χ3n) is 7.56. The quantitative estimate of drug-likeness (QED) is 0.139. The average Bonchev–Trinajstić information content (AvgIpc) is 2.97. The number of aryl methyl sites for hydroxylation is 1. The molecule has 0 aromatic heterocycles. The molecule has 4 atom stereocenters. The van der Waals surface area contributed by atoms with Gasteiger partial charge in [-0.3, -0.25) is 14.9 Å². The number of nitrogens with two attached hydrogens (primary N) is 1. The molecule has 3 aromatic carbocycles. The number of carboxylic acids is 1. The summed E-state index contributed by atoms with van der Waals surface area (Å²) in [6, 6.07) is 22.3. The lowest BCUT2D eigenvalue weighted by Gasteiger charge is -2.35. The van der Waals surface area contributed by atoms with E-state index in [9.17, 15) is 19.8 Å². The first kappa shape index (κ1) is 33.6. The smallest absolute Gasteiger partial charge is 0.323 e. The summed E-state index contributed by atoms with van der Waals surface area (Å²) in [6.07, 6.45) is 0.00543. The van der Waals surface area contributed by atoms with Crippen molar-refractivity contribution in [1.82, 2.24) is 16.0 Å². The fourth-order valence-corrected chi connectivity index (χ4v) is 4.86. The van der Waals surface area contributed by atoms with E-state index >= 15 is 0 Å². The molecule has 0 heterocycles. The third kappa shape index (κ3) is 11.0. The molecule has 9 heteroatoms. The summed E-state index contributed by atoms with van der Waals surface area (Å²) < 4.78 is 5.20. The van der Waals surface area contributed by atoms with Crippen LogP contribution in [0.4, 0.5) is 5.69 Å². The maximum Gasteiger partial charge on any atom is 0.323 e. The first-order valence-corrected chi connectivity index (χ1v) is 14.6. The summed E-state index contributed by atoms with van der Waals surface area (Å²) in [5.41, 5.74) is 9.04. The SMILES string of the molecule is COc1ccc(CNC(C(=O)O)C(O)C(Cc2ccccc2)NCC(NC(=O)CCc2cccc(N)c2)C(C)(C)C)cc1. The van der Waals surface area contributed by atoms with Gasteiger partial charge in [-0.05, 0) is 59.2 Å². The number of aliphatic carboxylic acids is 1. The fourth-order valence-electron chi connectivity index (χ4n) is 4.86. The summed E-state index contributed by atoms with van der Waals surface area (Å²) in [4.78, 5) is 25.3. The van der Waals surface area contributed by atoms with Crippen molar-refractivity contribution < 1.29 is 24.5 Å². The second kappa shape index (κ2) is 16.1. The average molecular weight is 591 g/mol. The van der Waals surface area contributed by atoms with Crippen LogP contribution in [0.15, 0.2) is 78.9 Å². The molecule has 0 fully saturated rings. The highest BCUT2D eigenvalue weighted by atomic mass is 16.5. The first-order chi connectivity index (χ1) is 20.5. The lowest BCUT2D eigenvalue weighted by Crippen LogP contribution is -2.58. The van der Waals surface area contributed by atoms with Gasteiger partial charge in [-0.15, -0.1) is 0 Å². The Labute approximate surface area is 254 Å². The van der Waals surface area contributed by atoms with Gasteiger partial charge >= 0.3 is 5.97 Å². The Morgan fingerprint density at radius 3 is 2.19 bits per heavy atom. The van der Waals surface area contributed by atoms with Gasteiger partial charge in [0, 0.05) is 37.3 Å². The topological polar surface area (TPSA) is 146 Å². The minimum atomic E-state index is -1.27. The Morgan fingerprint density at radius 1 is 0.907 bits per heavy atom. The van der Waals surface area contributed by atoms with Gasteiger partial charge in [-0.1, -0.05) is 75.4 Å². The van der Waals surface area contributed by atoms with Crippen LogP contribution in [0.5, 0.6) is 5.75 Å². The van der Waals surface area contributed by atoms with Crippen molar-refractivity contribution in [3.05, 3.63) is 95.6 Å².